The summed E-state index contributed by atoms with van der Waals surface area (Å²) in [6, 6.07) is 9.21. The molecule has 1 atom stereocenters. The number of carbonyl (C=O) groups excluding carboxylic acids is 2. The third kappa shape index (κ3) is 5.66. The number of aryl methyl sites for hydroxylation is 1. The highest BCUT2D eigenvalue weighted by atomic mass is 16.5. The molecule has 1 aromatic heterocycles. The average Bonchev–Trinajstić information content (AvgIpc) is 3.40. The van der Waals surface area contributed by atoms with E-state index in [4.69, 9.17) is 9.26 Å². The number of unbranched alkanes of at least 4 members (excludes halogenated alkanes) is 1. The molecular weight excluding hydrogens is 358 g/mol. The molecule has 2 heterocycles. The van der Waals surface area contributed by atoms with Gasteiger partial charge in [-0.25, -0.2) is 0 Å². The minimum atomic E-state index is -0.320. The van der Waals surface area contributed by atoms with Crippen molar-refractivity contribution in [3.63, 3.8) is 0 Å². The number of nitrogens with zero attached hydrogens (tertiary/aromatic N) is 2. The van der Waals surface area contributed by atoms with Crippen LogP contribution in [0.1, 0.15) is 48.5 Å². The number of nitrogens with one attached hydrogen (secondary N) is 1. The summed E-state index contributed by atoms with van der Waals surface area (Å²) in [5.74, 6) is -0.164. The zero-order valence-corrected chi connectivity index (χ0v) is 16.2. The van der Waals surface area contributed by atoms with Crippen LogP contribution in [0.2, 0.25) is 0 Å². The highest BCUT2D eigenvalue weighted by Crippen LogP contribution is 2.16. The number of aromatic nitrogens is 1. The van der Waals surface area contributed by atoms with Gasteiger partial charge in [0, 0.05) is 24.8 Å². The minimum absolute atomic E-state index is 0.0346. The van der Waals surface area contributed by atoms with Gasteiger partial charge in [0.05, 0.1) is 6.10 Å². The smallest absolute Gasteiger partial charge is 0.254 e. The van der Waals surface area contributed by atoms with E-state index in [0.29, 0.717) is 24.5 Å². The van der Waals surface area contributed by atoms with Gasteiger partial charge in [-0.05, 0) is 43.4 Å². The molecule has 1 N–H and O–H groups in total. The van der Waals surface area contributed by atoms with Crippen LogP contribution in [0.5, 0.6) is 0 Å². The lowest BCUT2D eigenvalue weighted by molar-refractivity contribution is -0.117. The van der Waals surface area contributed by atoms with Crippen molar-refractivity contribution in [3.8, 4) is 0 Å². The predicted octanol–water partition coefficient (Wildman–Crippen LogP) is 3.28. The molecule has 0 bridgehead atoms. The van der Waals surface area contributed by atoms with Crippen molar-refractivity contribution in [2.75, 3.05) is 25.0 Å². The van der Waals surface area contributed by atoms with Crippen LogP contribution in [0, 0.1) is 0 Å². The predicted molar refractivity (Wildman–Crippen MR) is 105 cm³/mol. The van der Waals surface area contributed by atoms with E-state index in [-0.39, 0.29) is 24.5 Å². The highest BCUT2D eigenvalue weighted by molar-refractivity contribution is 5.99. The molecule has 0 saturated carbocycles. The fourth-order valence-electron chi connectivity index (χ4n) is 3.26. The topological polar surface area (TPSA) is 84.7 Å². The zero-order chi connectivity index (χ0) is 19.8. The fraction of sp³-hybridized carbons (Fsp3) is 0.476. The van der Waals surface area contributed by atoms with Crippen molar-refractivity contribution in [2.24, 2.45) is 0 Å². The molecule has 1 fully saturated rings. The number of anilines is 1. The Bertz CT molecular complexity index is 752. The molecule has 1 aliphatic heterocycles. The summed E-state index contributed by atoms with van der Waals surface area (Å²) in [7, 11) is 0. The van der Waals surface area contributed by atoms with E-state index < -0.39 is 0 Å². The molecule has 1 saturated heterocycles. The van der Waals surface area contributed by atoms with Gasteiger partial charge in [-0.2, -0.15) is 0 Å². The van der Waals surface area contributed by atoms with E-state index in [9.17, 15) is 9.59 Å². The SMILES string of the molecule is CCCCc1ccc(C(=O)N(CC(=O)Nc2ccon2)CC2CCCO2)cc1. The van der Waals surface area contributed by atoms with Gasteiger partial charge in [0.1, 0.15) is 12.8 Å². The Morgan fingerprint density at radius 1 is 1.25 bits per heavy atom. The lowest BCUT2D eigenvalue weighted by Gasteiger charge is -2.25. The van der Waals surface area contributed by atoms with Gasteiger partial charge in [-0.1, -0.05) is 30.6 Å². The summed E-state index contributed by atoms with van der Waals surface area (Å²) in [4.78, 5) is 27.0. The first-order valence-corrected chi connectivity index (χ1v) is 9.85. The highest BCUT2D eigenvalue weighted by Gasteiger charge is 2.25. The number of amides is 2. The lowest BCUT2D eigenvalue weighted by Crippen LogP contribution is -2.42. The first-order chi connectivity index (χ1) is 13.7. The van der Waals surface area contributed by atoms with Gasteiger partial charge < -0.3 is 19.5 Å². The molecule has 28 heavy (non-hydrogen) atoms. The maximum Gasteiger partial charge on any atom is 0.254 e. The van der Waals surface area contributed by atoms with Gasteiger partial charge in [-0.3, -0.25) is 9.59 Å². The summed E-state index contributed by atoms with van der Waals surface area (Å²) >= 11 is 0. The Kier molecular flexibility index (Phi) is 7.19. The third-order valence-electron chi connectivity index (χ3n) is 4.79. The summed E-state index contributed by atoms with van der Waals surface area (Å²) in [6.07, 6.45) is 6.48. The normalized spacial score (nSPS) is 16.1. The molecule has 150 valence electrons. The largest absolute Gasteiger partial charge is 0.376 e. The van der Waals surface area contributed by atoms with Crippen LogP contribution in [0.3, 0.4) is 0 Å². The number of hydrogen-bond acceptors (Lipinski definition) is 5. The molecular formula is C21H27N3O4. The van der Waals surface area contributed by atoms with E-state index >= 15 is 0 Å². The maximum absolute atomic E-state index is 13.1. The van der Waals surface area contributed by atoms with Gasteiger partial charge >= 0.3 is 0 Å². The van der Waals surface area contributed by atoms with Gasteiger partial charge in [0.25, 0.3) is 5.91 Å². The monoisotopic (exact) mass is 385 g/mol. The lowest BCUT2D eigenvalue weighted by atomic mass is 10.1. The Morgan fingerprint density at radius 2 is 2.07 bits per heavy atom. The molecule has 7 nitrogen and oxygen atoms in total. The van der Waals surface area contributed by atoms with E-state index in [1.165, 1.54) is 11.8 Å². The third-order valence-corrected chi connectivity index (χ3v) is 4.79. The molecule has 1 unspecified atom stereocenters. The van der Waals surface area contributed by atoms with Crippen molar-refractivity contribution < 1.29 is 18.8 Å². The first-order valence-electron chi connectivity index (χ1n) is 9.85. The fourth-order valence-corrected chi connectivity index (χ4v) is 3.26. The number of carbonyl (C=O) groups is 2. The Labute approximate surface area is 165 Å². The molecule has 2 aromatic rings. The average molecular weight is 385 g/mol. The second-order valence-corrected chi connectivity index (χ2v) is 7.05. The Hall–Kier alpha value is -2.67. The van der Waals surface area contributed by atoms with Crippen molar-refractivity contribution in [1.82, 2.24) is 10.1 Å². The molecule has 0 aliphatic carbocycles. The first kappa shape index (κ1) is 20.1. The maximum atomic E-state index is 13.1. The quantitative estimate of drug-likeness (QED) is 0.716. The van der Waals surface area contributed by atoms with Crippen LogP contribution in [0.25, 0.3) is 0 Å². The van der Waals surface area contributed by atoms with Gasteiger partial charge in [0.15, 0.2) is 5.82 Å². The van der Waals surface area contributed by atoms with Crippen molar-refractivity contribution in [2.45, 2.75) is 45.1 Å². The van der Waals surface area contributed by atoms with E-state index in [0.717, 1.165) is 32.1 Å². The standard InChI is InChI=1S/C21H27N3O4/c1-2-3-5-16-7-9-17(10-8-16)21(26)24(14-18-6-4-12-27-18)15-20(25)22-19-11-13-28-23-19/h7-11,13,18H,2-6,12,14-15H2,1H3,(H,22,23,25). The van der Waals surface area contributed by atoms with Crippen molar-refractivity contribution >= 4 is 17.6 Å². The van der Waals surface area contributed by atoms with E-state index in [2.05, 4.69) is 17.4 Å². The number of benzene rings is 1. The zero-order valence-electron chi connectivity index (χ0n) is 16.2. The second kappa shape index (κ2) is 10.0. The number of ether oxygens (including phenoxy) is 1. The van der Waals surface area contributed by atoms with Gasteiger partial charge in [-0.15, -0.1) is 0 Å². The molecule has 3 rings (SSSR count). The molecule has 2 amide bonds. The summed E-state index contributed by atoms with van der Waals surface area (Å²) in [6.45, 7) is 3.18. The van der Waals surface area contributed by atoms with Crippen LogP contribution in [-0.4, -0.2) is 47.7 Å². The second-order valence-electron chi connectivity index (χ2n) is 7.05. The van der Waals surface area contributed by atoms with Crippen LogP contribution >= 0.6 is 0 Å². The van der Waals surface area contributed by atoms with E-state index in [1.54, 1.807) is 11.0 Å². The van der Waals surface area contributed by atoms with Crippen molar-refractivity contribution in [3.05, 3.63) is 47.7 Å². The number of hydrogen-bond donors (Lipinski definition) is 1. The summed E-state index contributed by atoms with van der Waals surface area (Å²) in [5, 5.41) is 6.31. The molecule has 1 aliphatic rings. The van der Waals surface area contributed by atoms with Crippen LogP contribution in [-0.2, 0) is 16.0 Å². The molecule has 0 radical (unpaired) electrons. The summed E-state index contributed by atoms with van der Waals surface area (Å²) < 4.78 is 10.4. The van der Waals surface area contributed by atoms with Gasteiger partial charge in [0.2, 0.25) is 5.91 Å². The molecule has 1 aromatic carbocycles. The van der Waals surface area contributed by atoms with Crippen LogP contribution < -0.4 is 5.32 Å². The van der Waals surface area contributed by atoms with E-state index in [1.807, 2.05) is 24.3 Å². The molecule has 0 spiro atoms. The Balaban J connectivity index is 1.67. The summed E-state index contributed by atoms with van der Waals surface area (Å²) in [5.41, 5.74) is 1.79. The Morgan fingerprint density at radius 3 is 2.71 bits per heavy atom. The number of rotatable bonds is 9. The minimum Gasteiger partial charge on any atom is -0.376 e. The van der Waals surface area contributed by atoms with Crippen LogP contribution in [0.15, 0.2) is 41.1 Å². The van der Waals surface area contributed by atoms with Crippen molar-refractivity contribution in [1.29, 1.82) is 0 Å². The molecule has 7 heteroatoms. The van der Waals surface area contributed by atoms with Crippen LogP contribution in [0.4, 0.5) is 5.82 Å².